The second-order valence-corrected chi connectivity index (χ2v) is 9.19. The van der Waals surface area contributed by atoms with Gasteiger partial charge in [0.05, 0.1) is 23.5 Å². The first-order chi connectivity index (χ1) is 15.9. The number of hydrogen-bond acceptors (Lipinski definition) is 7. The van der Waals surface area contributed by atoms with Crippen molar-refractivity contribution in [3.63, 3.8) is 0 Å². The number of aromatic nitrogens is 5. The topological polar surface area (TPSA) is 98.1 Å². The SMILES string of the molecule is CCn1c(-c2cnc(C)nc2)nc2c(N[C@@H](C(=O)N3CC(C)OC(C)C3)C3CC3)ccnc21. The summed E-state index contributed by atoms with van der Waals surface area (Å²) >= 11 is 0. The number of carbonyl (C=O) groups is 1. The number of pyridine rings is 1. The Morgan fingerprint density at radius 2 is 1.88 bits per heavy atom. The first-order valence-corrected chi connectivity index (χ1v) is 11.8. The van der Waals surface area contributed by atoms with Crippen LogP contribution in [0.25, 0.3) is 22.6 Å². The van der Waals surface area contributed by atoms with Crippen molar-refractivity contribution in [2.45, 2.75) is 65.3 Å². The Bertz CT molecular complexity index is 1150. The van der Waals surface area contributed by atoms with Crippen molar-refractivity contribution in [2.75, 3.05) is 18.4 Å². The first kappa shape index (κ1) is 21.8. The third-order valence-corrected chi connectivity index (χ3v) is 6.39. The first-order valence-electron chi connectivity index (χ1n) is 11.8. The summed E-state index contributed by atoms with van der Waals surface area (Å²) in [6, 6.07) is 1.64. The number of amides is 1. The molecule has 2 unspecified atom stereocenters. The van der Waals surface area contributed by atoms with E-state index in [-0.39, 0.29) is 24.2 Å². The van der Waals surface area contributed by atoms with Gasteiger partial charge in [-0.3, -0.25) is 4.79 Å². The van der Waals surface area contributed by atoms with Gasteiger partial charge in [-0.25, -0.2) is 19.9 Å². The molecule has 0 aromatic carbocycles. The van der Waals surface area contributed by atoms with Crippen molar-refractivity contribution in [1.29, 1.82) is 0 Å². The second-order valence-electron chi connectivity index (χ2n) is 9.19. The number of hydrogen-bond donors (Lipinski definition) is 1. The molecule has 33 heavy (non-hydrogen) atoms. The Balaban J connectivity index is 1.48. The average molecular weight is 450 g/mol. The highest BCUT2D eigenvalue weighted by atomic mass is 16.5. The molecule has 0 spiro atoms. The molecular weight excluding hydrogens is 418 g/mol. The maximum atomic E-state index is 13.5. The normalized spacial score (nSPS) is 21.9. The van der Waals surface area contributed by atoms with Crippen LogP contribution in [0.1, 0.15) is 39.4 Å². The van der Waals surface area contributed by atoms with Crippen LogP contribution in [0.2, 0.25) is 0 Å². The molecule has 5 rings (SSSR count). The number of aryl methyl sites for hydroxylation is 2. The van der Waals surface area contributed by atoms with Crippen LogP contribution in [-0.2, 0) is 16.1 Å². The van der Waals surface area contributed by atoms with Gasteiger partial charge in [0.2, 0.25) is 5.91 Å². The lowest BCUT2D eigenvalue weighted by atomic mass is 10.1. The molecule has 0 bridgehead atoms. The summed E-state index contributed by atoms with van der Waals surface area (Å²) in [7, 11) is 0. The second kappa shape index (κ2) is 8.70. The van der Waals surface area contributed by atoms with Gasteiger partial charge in [0.15, 0.2) is 5.65 Å². The van der Waals surface area contributed by atoms with Crippen molar-refractivity contribution >= 4 is 22.8 Å². The minimum atomic E-state index is -0.272. The molecule has 1 saturated carbocycles. The van der Waals surface area contributed by atoms with Gasteiger partial charge in [0.25, 0.3) is 0 Å². The molecule has 3 aromatic rings. The van der Waals surface area contributed by atoms with E-state index in [1.165, 1.54) is 0 Å². The summed E-state index contributed by atoms with van der Waals surface area (Å²) in [6.45, 7) is 9.94. The van der Waals surface area contributed by atoms with E-state index in [2.05, 4.69) is 31.8 Å². The molecule has 1 saturated heterocycles. The lowest BCUT2D eigenvalue weighted by Gasteiger charge is -2.37. The maximum absolute atomic E-state index is 13.5. The zero-order chi connectivity index (χ0) is 23.1. The number of carbonyl (C=O) groups excluding carboxylic acids is 1. The van der Waals surface area contributed by atoms with E-state index in [4.69, 9.17) is 9.72 Å². The molecule has 9 heteroatoms. The summed E-state index contributed by atoms with van der Waals surface area (Å²) < 4.78 is 7.89. The van der Waals surface area contributed by atoms with E-state index in [1.54, 1.807) is 18.6 Å². The van der Waals surface area contributed by atoms with Gasteiger partial charge in [0, 0.05) is 38.2 Å². The van der Waals surface area contributed by atoms with E-state index in [0.29, 0.717) is 25.6 Å². The third-order valence-electron chi connectivity index (χ3n) is 6.39. The van der Waals surface area contributed by atoms with Crippen LogP contribution in [0.3, 0.4) is 0 Å². The molecule has 2 fully saturated rings. The van der Waals surface area contributed by atoms with Gasteiger partial charge >= 0.3 is 0 Å². The van der Waals surface area contributed by atoms with Gasteiger partial charge in [-0.1, -0.05) is 0 Å². The van der Waals surface area contributed by atoms with Crippen molar-refractivity contribution in [3.05, 3.63) is 30.5 Å². The lowest BCUT2D eigenvalue weighted by Crippen LogP contribution is -2.53. The fraction of sp³-hybridized carbons (Fsp3) is 0.542. The standard InChI is InChI=1S/C24H31N7O2/c1-5-31-22(18-10-26-16(4)27-11-18)29-21-19(8-9-25-23(21)31)28-20(17-6-7-17)24(32)30-12-14(2)33-15(3)13-30/h8-11,14-15,17,20H,5-7,12-13H2,1-4H3,(H,25,28)/t14?,15?,20-/m1/s1. The average Bonchev–Trinajstić information content (AvgIpc) is 3.56. The molecule has 3 aromatic heterocycles. The smallest absolute Gasteiger partial charge is 0.245 e. The highest BCUT2D eigenvalue weighted by Crippen LogP contribution is 2.37. The highest BCUT2D eigenvalue weighted by molar-refractivity contribution is 5.92. The number of fused-ring (bicyclic) bond motifs is 1. The summed E-state index contributed by atoms with van der Waals surface area (Å²) in [5, 5.41) is 3.56. The number of anilines is 1. The lowest BCUT2D eigenvalue weighted by molar-refractivity contribution is -0.144. The largest absolute Gasteiger partial charge is 0.372 e. The number of morpholine rings is 1. The van der Waals surface area contributed by atoms with E-state index < -0.39 is 0 Å². The van der Waals surface area contributed by atoms with Crippen molar-refractivity contribution in [3.8, 4) is 11.4 Å². The van der Waals surface area contributed by atoms with Crippen LogP contribution in [0, 0.1) is 12.8 Å². The van der Waals surface area contributed by atoms with Crippen LogP contribution in [-0.4, -0.2) is 66.6 Å². The Hall–Kier alpha value is -3.07. The van der Waals surface area contributed by atoms with Crippen LogP contribution in [0.5, 0.6) is 0 Å². The van der Waals surface area contributed by atoms with Crippen molar-refractivity contribution < 1.29 is 9.53 Å². The van der Waals surface area contributed by atoms with Gasteiger partial charge < -0.3 is 19.5 Å². The van der Waals surface area contributed by atoms with Crippen LogP contribution in [0.4, 0.5) is 5.69 Å². The molecule has 1 N–H and O–H groups in total. The predicted molar refractivity (Wildman–Crippen MR) is 126 cm³/mol. The Morgan fingerprint density at radius 1 is 1.18 bits per heavy atom. The molecule has 4 heterocycles. The number of nitrogens with one attached hydrogen (secondary N) is 1. The van der Waals surface area contributed by atoms with Gasteiger partial charge in [0.1, 0.15) is 23.2 Å². The van der Waals surface area contributed by atoms with Gasteiger partial charge in [-0.15, -0.1) is 0 Å². The zero-order valence-corrected chi connectivity index (χ0v) is 19.7. The third kappa shape index (κ3) is 4.29. The highest BCUT2D eigenvalue weighted by Gasteiger charge is 2.40. The Labute approximate surface area is 193 Å². The van der Waals surface area contributed by atoms with E-state index >= 15 is 0 Å². The minimum Gasteiger partial charge on any atom is -0.372 e. The van der Waals surface area contributed by atoms with Crippen LogP contribution in [0.15, 0.2) is 24.7 Å². The summed E-state index contributed by atoms with van der Waals surface area (Å²) in [6.07, 6.45) is 7.57. The molecule has 9 nitrogen and oxygen atoms in total. The molecule has 1 amide bonds. The van der Waals surface area contributed by atoms with E-state index in [1.807, 2.05) is 31.7 Å². The van der Waals surface area contributed by atoms with Crippen molar-refractivity contribution in [2.24, 2.45) is 5.92 Å². The zero-order valence-electron chi connectivity index (χ0n) is 19.7. The molecule has 2 aliphatic rings. The maximum Gasteiger partial charge on any atom is 0.245 e. The number of ether oxygens (including phenoxy) is 1. The van der Waals surface area contributed by atoms with E-state index in [9.17, 15) is 4.79 Å². The molecule has 1 aliphatic heterocycles. The molecule has 1 aliphatic carbocycles. The minimum absolute atomic E-state index is 0.0460. The van der Waals surface area contributed by atoms with E-state index in [0.717, 1.165) is 46.9 Å². The van der Waals surface area contributed by atoms with Crippen LogP contribution < -0.4 is 5.32 Å². The summed E-state index contributed by atoms with van der Waals surface area (Å²) in [5.74, 6) is 1.98. The number of nitrogens with zero attached hydrogens (tertiary/aromatic N) is 6. The fourth-order valence-electron chi connectivity index (χ4n) is 4.69. The Morgan fingerprint density at radius 3 is 2.52 bits per heavy atom. The quantitative estimate of drug-likeness (QED) is 0.618. The molecule has 3 atom stereocenters. The fourth-order valence-corrected chi connectivity index (χ4v) is 4.69. The Kier molecular flexibility index (Phi) is 5.74. The monoisotopic (exact) mass is 449 g/mol. The van der Waals surface area contributed by atoms with Crippen molar-refractivity contribution in [1.82, 2.24) is 29.4 Å². The molecule has 174 valence electrons. The molecular formula is C24H31N7O2. The molecule has 0 radical (unpaired) electrons. The number of imidazole rings is 1. The predicted octanol–water partition coefficient (Wildman–Crippen LogP) is 3.04. The van der Waals surface area contributed by atoms with Crippen LogP contribution >= 0.6 is 0 Å². The van der Waals surface area contributed by atoms with Gasteiger partial charge in [-0.2, -0.15) is 0 Å². The number of rotatable bonds is 6. The van der Waals surface area contributed by atoms with Gasteiger partial charge in [-0.05, 0) is 52.5 Å². The summed E-state index contributed by atoms with van der Waals surface area (Å²) in [5.41, 5.74) is 3.23. The summed E-state index contributed by atoms with van der Waals surface area (Å²) in [4.78, 5) is 33.7.